The van der Waals surface area contributed by atoms with Crippen LogP contribution >= 0.6 is 0 Å². The second-order valence-electron chi connectivity index (χ2n) is 17.8. The molecule has 330 valence electrons. The van der Waals surface area contributed by atoms with Gasteiger partial charge in [-0.3, -0.25) is 34.2 Å². The van der Waals surface area contributed by atoms with Crippen LogP contribution in [-0.2, 0) is 15.2 Å². The lowest BCUT2D eigenvalue weighted by Gasteiger charge is -2.48. The molecule has 0 aliphatic carbocycles. The van der Waals surface area contributed by atoms with E-state index in [0.29, 0.717) is 98.4 Å². The van der Waals surface area contributed by atoms with Crippen molar-refractivity contribution in [1.82, 2.24) is 34.5 Å². The van der Waals surface area contributed by atoms with E-state index in [0.717, 1.165) is 5.39 Å². The van der Waals surface area contributed by atoms with E-state index >= 15 is 17.6 Å². The number of benzene rings is 2. The number of nitriles is 1. The Kier molecular flexibility index (Phi) is 11.0. The molecule has 5 aromatic rings. The van der Waals surface area contributed by atoms with Crippen molar-refractivity contribution in [3.63, 3.8) is 0 Å². The Morgan fingerprint density at radius 3 is 2.30 bits per heavy atom. The van der Waals surface area contributed by atoms with Gasteiger partial charge in [0.1, 0.15) is 23.4 Å². The minimum Gasteiger partial charge on any atom is -0.386 e. The standard InChI is InChI=1S/C45H48F4N10O4/c1-44(2,63)33-21-36-27(18-37(33)52-43(62)38-5-3-30-17-26(22-50)23-51-59(30)38)24-58(54-36)29-9-14-56(15-10-29)39-11-16-57(25-45(39,48)49)28-7-12-55(13-8-28)31-19-34(46)41(35(47)20-31)32-4-6-40(60)53-42(32)61/h3,5,17-21,23-24,28-29,32,39,63H,4,6-16,25H2,1-2H3,(H,52,62)(H,53,60,61)/t32-,39-/m1/s1. The fraction of sp³-hybridized carbons (Fsp3) is 0.467. The van der Waals surface area contributed by atoms with Gasteiger partial charge in [-0.15, -0.1) is 0 Å². The van der Waals surface area contributed by atoms with Crippen molar-refractivity contribution >= 4 is 45.5 Å². The fourth-order valence-corrected chi connectivity index (χ4v) is 10.0. The van der Waals surface area contributed by atoms with E-state index < -0.39 is 52.8 Å². The quantitative estimate of drug-likeness (QED) is 0.127. The molecule has 0 radical (unpaired) electrons. The molecular weight excluding hydrogens is 821 g/mol. The minimum absolute atomic E-state index is 0.00447. The van der Waals surface area contributed by atoms with Gasteiger partial charge in [0.2, 0.25) is 11.8 Å². The first-order valence-corrected chi connectivity index (χ1v) is 21.4. The Morgan fingerprint density at radius 1 is 0.937 bits per heavy atom. The number of aliphatic hydroxyl groups is 1. The van der Waals surface area contributed by atoms with Gasteiger partial charge in [-0.1, -0.05) is 0 Å². The van der Waals surface area contributed by atoms with Crippen LogP contribution in [0.1, 0.15) is 97.9 Å². The minimum atomic E-state index is -2.95. The number of piperidine rings is 4. The van der Waals surface area contributed by atoms with Crippen LogP contribution in [0.5, 0.6) is 0 Å². The van der Waals surface area contributed by atoms with Crippen LogP contribution in [0.25, 0.3) is 16.4 Å². The highest BCUT2D eigenvalue weighted by atomic mass is 19.3. The largest absolute Gasteiger partial charge is 0.386 e. The third-order valence-corrected chi connectivity index (χ3v) is 13.3. The van der Waals surface area contributed by atoms with Crippen LogP contribution in [0.4, 0.5) is 28.9 Å². The summed E-state index contributed by atoms with van der Waals surface area (Å²) in [7, 11) is 0. The lowest BCUT2D eigenvalue weighted by molar-refractivity contribution is -0.140. The van der Waals surface area contributed by atoms with E-state index in [1.807, 2.05) is 31.6 Å². The van der Waals surface area contributed by atoms with Crippen molar-refractivity contribution in [3.05, 3.63) is 88.9 Å². The number of anilines is 2. The normalized spacial score (nSPS) is 22.1. The predicted molar refractivity (Wildman–Crippen MR) is 224 cm³/mol. The van der Waals surface area contributed by atoms with E-state index in [1.165, 1.54) is 22.8 Å². The monoisotopic (exact) mass is 868 g/mol. The molecule has 0 unspecified atom stereocenters. The van der Waals surface area contributed by atoms with Gasteiger partial charge < -0.3 is 15.3 Å². The number of aromatic nitrogens is 4. The summed E-state index contributed by atoms with van der Waals surface area (Å²) in [5.41, 5.74) is 1.36. The predicted octanol–water partition coefficient (Wildman–Crippen LogP) is 5.85. The Bertz CT molecular complexity index is 2630. The van der Waals surface area contributed by atoms with Crippen molar-refractivity contribution < 1.29 is 37.1 Å². The number of nitrogens with one attached hydrogen (secondary N) is 2. The molecule has 14 nitrogen and oxygen atoms in total. The maximum Gasteiger partial charge on any atom is 0.275 e. The topological polar surface area (TPSA) is 164 Å². The number of hydrogen-bond acceptors (Lipinski definition) is 10. The summed E-state index contributed by atoms with van der Waals surface area (Å²) in [6.45, 7) is 5.22. The number of amides is 3. The summed E-state index contributed by atoms with van der Waals surface area (Å²) in [4.78, 5) is 43.0. The summed E-state index contributed by atoms with van der Waals surface area (Å²) < 4.78 is 65.9. The van der Waals surface area contributed by atoms with E-state index in [4.69, 9.17) is 5.10 Å². The molecule has 0 bridgehead atoms. The molecule has 2 atom stereocenters. The molecule has 4 saturated heterocycles. The van der Waals surface area contributed by atoms with E-state index in [1.54, 1.807) is 44.2 Å². The van der Waals surface area contributed by atoms with Crippen LogP contribution in [0.3, 0.4) is 0 Å². The third-order valence-electron chi connectivity index (χ3n) is 13.3. The number of halogens is 4. The van der Waals surface area contributed by atoms with E-state index in [9.17, 15) is 24.8 Å². The van der Waals surface area contributed by atoms with Gasteiger partial charge in [-0.2, -0.15) is 15.5 Å². The zero-order valence-corrected chi connectivity index (χ0v) is 35.0. The summed E-state index contributed by atoms with van der Waals surface area (Å²) >= 11 is 0. The highest BCUT2D eigenvalue weighted by Crippen LogP contribution is 2.39. The van der Waals surface area contributed by atoms with Crippen LogP contribution in [0.2, 0.25) is 0 Å². The molecule has 4 aliphatic heterocycles. The zero-order valence-electron chi connectivity index (χ0n) is 35.0. The van der Waals surface area contributed by atoms with Crippen molar-refractivity contribution in [2.45, 2.75) is 94.4 Å². The van der Waals surface area contributed by atoms with Crippen LogP contribution in [0.15, 0.2) is 54.9 Å². The molecule has 0 saturated carbocycles. The number of hydrogen-bond donors (Lipinski definition) is 3. The fourth-order valence-electron chi connectivity index (χ4n) is 10.0. The highest BCUT2D eigenvalue weighted by Gasteiger charge is 2.49. The second-order valence-corrected chi connectivity index (χ2v) is 17.8. The highest BCUT2D eigenvalue weighted by molar-refractivity contribution is 6.05. The first kappa shape index (κ1) is 42.4. The van der Waals surface area contributed by atoms with Crippen molar-refractivity contribution in [2.75, 3.05) is 49.5 Å². The van der Waals surface area contributed by atoms with Gasteiger partial charge in [0.25, 0.3) is 11.8 Å². The number of imide groups is 1. The second kappa shape index (κ2) is 16.3. The number of alkyl halides is 2. The van der Waals surface area contributed by atoms with Crippen LogP contribution in [-0.4, -0.2) is 109 Å². The SMILES string of the molecule is CC(C)(O)c1cc2nn(C3CCN([C@@H]4CCN(C5CCN(c6cc(F)c([C@H]7CCC(=O)NC7=O)c(F)c6)CC5)CC4(F)F)CC3)cc2cc1NC(=O)c1ccc2cc(C#N)cnn12. The van der Waals surface area contributed by atoms with Gasteiger partial charge in [0, 0.05) is 79.3 Å². The molecule has 3 amide bonds. The third kappa shape index (κ3) is 8.25. The number of rotatable bonds is 8. The summed E-state index contributed by atoms with van der Waals surface area (Å²) in [5, 5.41) is 35.2. The maximum atomic E-state index is 16.0. The number of carbonyl (C=O) groups is 3. The molecule has 4 aliphatic rings. The molecule has 3 N–H and O–H groups in total. The first-order valence-electron chi connectivity index (χ1n) is 21.4. The van der Waals surface area contributed by atoms with Gasteiger partial charge >= 0.3 is 0 Å². The van der Waals surface area contributed by atoms with Gasteiger partial charge in [0.15, 0.2) is 0 Å². The van der Waals surface area contributed by atoms with Gasteiger partial charge in [0.05, 0.1) is 52.9 Å². The van der Waals surface area contributed by atoms with Crippen LogP contribution < -0.4 is 15.5 Å². The number of carbonyl (C=O) groups excluding carboxylic acids is 3. The molecule has 2 aromatic carbocycles. The van der Waals surface area contributed by atoms with E-state index in [-0.39, 0.29) is 42.7 Å². The summed E-state index contributed by atoms with van der Waals surface area (Å²) in [6, 6.07) is 11.9. The number of fused-ring (bicyclic) bond motifs is 2. The van der Waals surface area contributed by atoms with Crippen molar-refractivity contribution in [1.29, 1.82) is 5.26 Å². The van der Waals surface area contributed by atoms with Crippen LogP contribution in [0, 0.1) is 23.0 Å². The van der Waals surface area contributed by atoms with Gasteiger partial charge in [-0.05, 0) is 94.8 Å². The zero-order chi connectivity index (χ0) is 44.4. The molecule has 9 rings (SSSR count). The Hall–Kier alpha value is -5.90. The Morgan fingerprint density at radius 2 is 1.63 bits per heavy atom. The lowest BCUT2D eigenvalue weighted by atomic mass is 9.89. The smallest absolute Gasteiger partial charge is 0.275 e. The molecule has 18 heteroatoms. The van der Waals surface area contributed by atoms with Crippen molar-refractivity contribution in [2.24, 2.45) is 0 Å². The average molecular weight is 869 g/mol. The molecule has 63 heavy (non-hydrogen) atoms. The average Bonchev–Trinajstić information content (AvgIpc) is 3.87. The van der Waals surface area contributed by atoms with Crippen molar-refractivity contribution in [3.8, 4) is 6.07 Å². The molecular formula is C45H48F4N10O4. The Balaban J connectivity index is 0.806. The maximum absolute atomic E-state index is 16.0. The number of nitrogens with zero attached hydrogens (tertiary/aromatic N) is 8. The van der Waals surface area contributed by atoms with Gasteiger partial charge in [-0.25, -0.2) is 22.1 Å². The van der Waals surface area contributed by atoms with E-state index in [2.05, 4.69) is 15.7 Å². The lowest BCUT2D eigenvalue weighted by Crippen LogP contribution is -2.62. The molecule has 0 spiro atoms. The summed E-state index contributed by atoms with van der Waals surface area (Å²) in [6.07, 6.45) is 5.96. The molecule has 4 fully saturated rings. The first-order chi connectivity index (χ1) is 30.1. The number of likely N-dealkylation sites (tertiary alicyclic amines) is 2. The molecule has 3 aromatic heterocycles. The molecule has 7 heterocycles. The Labute approximate surface area is 360 Å². The summed E-state index contributed by atoms with van der Waals surface area (Å²) in [5.74, 6) is -7.35.